The molecule has 1 saturated heterocycles. The molecule has 2 aromatic rings. The standard InChI is InChI=1S/C18H20FN3O3/c1-12-3-2-4-13(17(12)19)10-25-15-9-16-21-7-8-24-11-14(21)5-6-22(16)18(23)20-15/h2-4,9,14H,5-8,10-11H2,1H3. The van der Waals surface area contributed by atoms with E-state index in [1.807, 2.05) is 0 Å². The summed E-state index contributed by atoms with van der Waals surface area (Å²) in [5, 5.41) is 0. The molecule has 0 amide bonds. The van der Waals surface area contributed by atoms with E-state index in [0.717, 1.165) is 18.8 Å². The molecule has 1 aromatic heterocycles. The fourth-order valence-electron chi connectivity index (χ4n) is 3.44. The van der Waals surface area contributed by atoms with Crippen LogP contribution < -0.4 is 15.3 Å². The molecule has 0 spiro atoms. The Balaban J connectivity index is 1.60. The van der Waals surface area contributed by atoms with Gasteiger partial charge in [-0.25, -0.2) is 9.18 Å². The van der Waals surface area contributed by atoms with Crippen molar-refractivity contribution in [3.05, 3.63) is 51.7 Å². The van der Waals surface area contributed by atoms with E-state index >= 15 is 0 Å². The van der Waals surface area contributed by atoms with Gasteiger partial charge in [-0.05, 0) is 18.9 Å². The molecule has 0 saturated carbocycles. The Morgan fingerprint density at radius 3 is 3.16 bits per heavy atom. The summed E-state index contributed by atoms with van der Waals surface area (Å²) in [5.74, 6) is 0.744. The Bertz CT molecular complexity index is 852. The molecule has 0 bridgehead atoms. The van der Waals surface area contributed by atoms with Gasteiger partial charge in [-0.1, -0.05) is 18.2 Å². The van der Waals surface area contributed by atoms with Crippen LogP contribution in [0.2, 0.25) is 0 Å². The van der Waals surface area contributed by atoms with Gasteiger partial charge in [0.2, 0.25) is 5.88 Å². The lowest BCUT2D eigenvalue weighted by Crippen LogP contribution is -2.51. The number of benzene rings is 1. The molecule has 3 heterocycles. The average molecular weight is 345 g/mol. The summed E-state index contributed by atoms with van der Waals surface area (Å²) in [6, 6.07) is 7.21. The highest BCUT2D eigenvalue weighted by Crippen LogP contribution is 2.28. The quantitative estimate of drug-likeness (QED) is 0.850. The molecule has 6 nitrogen and oxygen atoms in total. The number of fused-ring (bicyclic) bond motifs is 3. The van der Waals surface area contributed by atoms with E-state index in [9.17, 15) is 9.18 Å². The number of rotatable bonds is 3. The fraction of sp³-hybridized carbons (Fsp3) is 0.444. The first-order chi connectivity index (χ1) is 12.1. The second-order valence-corrected chi connectivity index (χ2v) is 6.43. The molecule has 1 aromatic carbocycles. The van der Waals surface area contributed by atoms with E-state index in [4.69, 9.17) is 9.47 Å². The largest absolute Gasteiger partial charge is 0.472 e. The van der Waals surface area contributed by atoms with Gasteiger partial charge in [0.05, 0.1) is 19.3 Å². The molecule has 25 heavy (non-hydrogen) atoms. The van der Waals surface area contributed by atoms with Gasteiger partial charge in [0.15, 0.2) is 0 Å². The van der Waals surface area contributed by atoms with Gasteiger partial charge in [-0.2, -0.15) is 4.98 Å². The van der Waals surface area contributed by atoms with Crippen molar-refractivity contribution in [1.29, 1.82) is 0 Å². The highest BCUT2D eigenvalue weighted by molar-refractivity contribution is 5.45. The molecule has 132 valence electrons. The summed E-state index contributed by atoms with van der Waals surface area (Å²) in [7, 11) is 0. The highest BCUT2D eigenvalue weighted by Gasteiger charge is 2.30. The molecule has 0 N–H and O–H groups in total. The molecule has 1 atom stereocenters. The van der Waals surface area contributed by atoms with Gasteiger partial charge in [-0.3, -0.25) is 4.57 Å². The van der Waals surface area contributed by atoms with E-state index in [1.165, 1.54) is 0 Å². The number of hydrogen-bond acceptors (Lipinski definition) is 5. The number of morpholine rings is 1. The maximum Gasteiger partial charge on any atom is 0.352 e. The van der Waals surface area contributed by atoms with Crippen LogP contribution in [0.4, 0.5) is 10.2 Å². The van der Waals surface area contributed by atoms with Crippen LogP contribution in [0.1, 0.15) is 17.5 Å². The number of hydrogen-bond donors (Lipinski definition) is 0. The Morgan fingerprint density at radius 2 is 2.28 bits per heavy atom. The molecule has 1 unspecified atom stereocenters. The Labute approximate surface area is 144 Å². The number of anilines is 1. The van der Waals surface area contributed by atoms with E-state index in [-0.39, 0.29) is 30.0 Å². The number of aryl methyl sites for hydroxylation is 1. The van der Waals surface area contributed by atoms with Crippen molar-refractivity contribution < 1.29 is 13.9 Å². The Kier molecular flexibility index (Phi) is 4.17. The van der Waals surface area contributed by atoms with Crippen molar-refractivity contribution in [2.24, 2.45) is 0 Å². The van der Waals surface area contributed by atoms with E-state index in [2.05, 4.69) is 9.88 Å². The predicted octanol–water partition coefficient (Wildman–Crippen LogP) is 1.88. The maximum atomic E-state index is 14.1. The van der Waals surface area contributed by atoms with Crippen LogP contribution in [0.5, 0.6) is 5.88 Å². The zero-order chi connectivity index (χ0) is 17.4. The number of ether oxygens (including phenoxy) is 2. The van der Waals surface area contributed by atoms with Crippen molar-refractivity contribution in [2.75, 3.05) is 24.7 Å². The summed E-state index contributed by atoms with van der Waals surface area (Å²) < 4.78 is 26.9. The minimum atomic E-state index is -0.331. The van der Waals surface area contributed by atoms with Crippen LogP contribution in [0.25, 0.3) is 0 Å². The van der Waals surface area contributed by atoms with Crippen molar-refractivity contribution in [1.82, 2.24) is 9.55 Å². The molecule has 0 aliphatic carbocycles. The van der Waals surface area contributed by atoms with Gasteiger partial charge in [-0.15, -0.1) is 0 Å². The van der Waals surface area contributed by atoms with Crippen LogP contribution in [0.3, 0.4) is 0 Å². The van der Waals surface area contributed by atoms with Crippen LogP contribution in [0.15, 0.2) is 29.1 Å². The summed E-state index contributed by atoms with van der Waals surface area (Å²) in [6.07, 6.45) is 0.864. The fourth-order valence-corrected chi connectivity index (χ4v) is 3.44. The zero-order valence-corrected chi connectivity index (χ0v) is 14.1. The highest BCUT2D eigenvalue weighted by atomic mass is 19.1. The number of nitrogens with zero attached hydrogens (tertiary/aromatic N) is 3. The van der Waals surface area contributed by atoms with Crippen molar-refractivity contribution in [2.45, 2.75) is 32.5 Å². The summed E-state index contributed by atoms with van der Waals surface area (Å²) in [6.45, 7) is 4.41. The summed E-state index contributed by atoms with van der Waals surface area (Å²) in [5.41, 5.74) is 0.682. The lowest BCUT2D eigenvalue weighted by Gasteiger charge is -2.41. The average Bonchev–Trinajstić information content (AvgIpc) is 2.63. The molecule has 1 fully saturated rings. The number of aromatic nitrogens is 2. The molecule has 7 heteroatoms. The first-order valence-electron chi connectivity index (χ1n) is 8.46. The lowest BCUT2D eigenvalue weighted by atomic mass is 10.1. The SMILES string of the molecule is Cc1cccc(COc2cc3n(c(=O)n2)CCC2COCCN32)c1F. The van der Waals surface area contributed by atoms with Crippen molar-refractivity contribution in [3.8, 4) is 5.88 Å². The second-order valence-electron chi connectivity index (χ2n) is 6.43. The second kappa shape index (κ2) is 6.48. The molecule has 4 rings (SSSR count). The summed E-state index contributed by atoms with van der Waals surface area (Å²) >= 11 is 0. The normalized spacial score (nSPS) is 19.3. The van der Waals surface area contributed by atoms with Crippen LogP contribution in [0, 0.1) is 12.7 Å². The third kappa shape index (κ3) is 3.00. The van der Waals surface area contributed by atoms with Crippen LogP contribution >= 0.6 is 0 Å². The van der Waals surface area contributed by atoms with Crippen LogP contribution in [-0.2, 0) is 17.9 Å². The van der Waals surface area contributed by atoms with Gasteiger partial charge in [0, 0.05) is 24.7 Å². The van der Waals surface area contributed by atoms with E-state index in [0.29, 0.717) is 30.9 Å². The molecule has 0 radical (unpaired) electrons. The minimum absolute atomic E-state index is 0.0376. The molecular weight excluding hydrogens is 325 g/mol. The smallest absolute Gasteiger partial charge is 0.352 e. The van der Waals surface area contributed by atoms with Gasteiger partial charge >= 0.3 is 5.69 Å². The van der Waals surface area contributed by atoms with Crippen molar-refractivity contribution >= 4 is 5.82 Å². The van der Waals surface area contributed by atoms with Gasteiger partial charge < -0.3 is 14.4 Å². The van der Waals surface area contributed by atoms with Gasteiger partial charge in [0.1, 0.15) is 18.2 Å². The van der Waals surface area contributed by atoms with Crippen molar-refractivity contribution in [3.63, 3.8) is 0 Å². The summed E-state index contributed by atoms with van der Waals surface area (Å²) in [4.78, 5) is 18.5. The zero-order valence-electron chi connectivity index (χ0n) is 14.1. The minimum Gasteiger partial charge on any atom is -0.472 e. The molecule has 2 aliphatic heterocycles. The first kappa shape index (κ1) is 16.1. The molecular formula is C18H20FN3O3. The van der Waals surface area contributed by atoms with Crippen LogP contribution in [-0.4, -0.2) is 35.4 Å². The third-order valence-electron chi connectivity index (χ3n) is 4.82. The van der Waals surface area contributed by atoms with E-state index in [1.54, 1.807) is 35.8 Å². The Hall–Kier alpha value is -2.41. The van der Waals surface area contributed by atoms with Gasteiger partial charge in [0.25, 0.3) is 0 Å². The lowest BCUT2D eigenvalue weighted by molar-refractivity contribution is 0.0847. The maximum absolute atomic E-state index is 14.1. The van der Waals surface area contributed by atoms with E-state index < -0.39 is 0 Å². The third-order valence-corrected chi connectivity index (χ3v) is 4.82. The molecule has 2 aliphatic rings. The monoisotopic (exact) mass is 345 g/mol. The predicted molar refractivity (Wildman–Crippen MR) is 90.5 cm³/mol. The number of halogens is 1. The first-order valence-corrected chi connectivity index (χ1v) is 8.46. The Morgan fingerprint density at radius 1 is 1.40 bits per heavy atom. The topological polar surface area (TPSA) is 56.6 Å².